The molecule has 0 spiro atoms. The van der Waals surface area contributed by atoms with Gasteiger partial charge in [0.15, 0.2) is 0 Å². The first kappa shape index (κ1) is 18.4. The van der Waals surface area contributed by atoms with Crippen LogP contribution in [0, 0.1) is 12.8 Å². The van der Waals surface area contributed by atoms with Crippen molar-refractivity contribution >= 4 is 17.8 Å². The lowest BCUT2D eigenvalue weighted by Crippen LogP contribution is -2.46. The first-order valence-corrected chi connectivity index (χ1v) is 9.33. The number of amides is 4. The summed E-state index contributed by atoms with van der Waals surface area (Å²) in [7, 11) is 1.57. The number of piperidine rings is 1. The van der Waals surface area contributed by atoms with Crippen molar-refractivity contribution < 1.29 is 14.4 Å². The number of aryl methyl sites for hydroxylation is 2. The maximum Gasteiger partial charge on any atom is 0.327 e. The molecule has 2 fully saturated rings. The molecule has 0 aromatic heterocycles. The second kappa shape index (κ2) is 7.89. The fourth-order valence-electron chi connectivity index (χ4n) is 3.66. The van der Waals surface area contributed by atoms with Gasteiger partial charge in [-0.3, -0.25) is 14.5 Å². The largest absolute Gasteiger partial charge is 0.341 e. The molecule has 0 radical (unpaired) electrons. The molecule has 6 nitrogen and oxygen atoms in total. The molecule has 0 atom stereocenters. The zero-order valence-electron chi connectivity index (χ0n) is 15.6. The van der Waals surface area contributed by atoms with Gasteiger partial charge < -0.3 is 9.80 Å². The van der Waals surface area contributed by atoms with E-state index in [9.17, 15) is 14.4 Å². The average Bonchev–Trinajstić information content (AvgIpc) is 2.88. The van der Waals surface area contributed by atoms with Crippen LogP contribution in [0.4, 0.5) is 4.79 Å². The molecule has 2 aliphatic heterocycles. The summed E-state index contributed by atoms with van der Waals surface area (Å²) in [6, 6.07) is 8.30. The van der Waals surface area contributed by atoms with Gasteiger partial charge in [0.25, 0.3) is 5.91 Å². The highest BCUT2D eigenvalue weighted by atomic mass is 16.2. The number of carbonyl (C=O) groups excluding carboxylic acids is 3. The lowest BCUT2D eigenvalue weighted by atomic mass is 9.90. The van der Waals surface area contributed by atoms with E-state index in [1.807, 2.05) is 0 Å². The summed E-state index contributed by atoms with van der Waals surface area (Å²) in [6.45, 7) is 3.45. The molecule has 4 amide bonds. The summed E-state index contributed by atoms with van der Waals surface area (Å²) in [5.74, 6) is 0.208. The molecule has 3 rings (SSSR count). The van der Waals surface area contributed by atoms with Crippen molar-refractivity contribution in [1.29, 1.82) is 0 Å². The lowest BCUT2D eigenvalue weighted by Gasteiger charge is -2.32. The van der Waals surface area contributed by atoms with Gasteiger partial charge in [-0.05, 0) is 44.1 Å². The Morgan fingerprint density at radius 1 is 1.12 bits per heavy atom. The summed E-state index contributed by atoms with van der Waals surface area (Å²) >= 11 is 0. The highest BCUT2D eigenvalue weighted by molar-refractivity contribution is 6.04. The second-order valence-electron chi connectivity index (χ2n) is 7.47. The van der Waals surface area contributed by atoms with E-state index in [1.165, 1.54) is 16.0 Å². The van der Waals surface area contributed by atoms with Gasteiger partial charge >= 0.3 is 6.03 Å². The fraction of sp³-hybridized carbons (Fsp3) is 0.550. The number of nitrogens with zero attached hydrogens (tertiary/aromatic N) is 3. The van der Waals surface area contributed by atoms with Crippen LogP contribution in [0.2, 0.25) is 0 Å². The zero-order chi connectivity index (χ0) is 18.7. The van der Waals surface area contributed by atoms with E-state index in [4.69, 9.17) is 0 Å². The maximum atomic E-state index is 12.4. The Morgan fingerprint density at radius 2 is 1.77 bits per heavy atom. The van der Waals surface area contributed by atoms with Gasteiger partial charge in [-0.25, -0.2) is 4.79 Å². The summed E-state index contributed by atoms with van der Waals surface area (Å²) in [5.41, 5.74) is 2.64. The van der Waals surface area contributed by atoms with Crippen molar-refractivity contribution in [3.8, 4) is 0 Å². The number of hydrogen-bond donors (Lipinski definition) is 0. The third-order valence-electron chi connectivity index (χ3n) is 5.45. The van der Waals surface area contributed by atoms with Crippen molar-refractivity contribution in [2.75, 3.05) is 33.2 Å². The van der Waals surface area contributed by atoms with Crippen molar-refractivity contribution in [3.05, 3.63) is 35.4 Å². The van der Waals surface area contributed by atoms with Crippen LogP contribution in [0.15, 0.2) is 24.3 Å². The number of likely N-dealkylation sites (tertiary alicyclic amines) is 1. The Morgan fingerprint density at radius 3 is 2.35 bits per heavy atom. The van der Waals surface area contributed by atoms with Crippen molar-refractivity contribution in [3.63, 3.8) is 0 Å². The van der Waals surface area contributed by atoms with Crippen LogP contribution in [0.5, 0.6) is 0 Å². The molecular formula is C20H27N3O3. The van der Waals surface area contributed by atoms with E-state index in [2.05, 4.69) is 31.2 Å². The lowest BCUT2D eigenvalue weighted by molar-refractivity contribution is -0.137. The van der Waals surface area contributed by atoms with E-state index in [1.54, 1.807) is 11.9 Å². The van der Waals surface area contributed by atoms with E-state index >= 15 is 0 Å². The summed E-state index contributed by atoms with van der Waals surface area (Å²) in [5, 5.41) is 0. The van der Waals surface area contributed by atoms with E-state index in [0.717, 1.165) is 30.6 Å². The SMILES string of the molecule is Cc1ccc(CCC2CCN(C(=O)CN3C(=O)CN(C)C3=O)CC2)cc1. The number of imide groups is 1. The quantitative estimate of drug-likeness (QED) is 0.758. The van der Waals surface area contributed by atoms with E-state index in [0.29, 0.717) is 19.0 Å². The molecular weight excluding hydrogens is 330 g/mol. The minimum atomic E-state index is -0.378. The fourth-order valence-corrected chi connectivity index (χ4v) is 3.66. The minimum Gasteiger partial charge on any atom is -0.341 e. The molecule has 140 valence electrons. The third kappa shape index (κ3) is 4.23. The molecule has 1 aromatic rings. The number of carbonyl (C=O) groups is 3. The van der Waals surface area contributed by atoms with Gasteiger partial charge in [-0.15, -0.1) is 0 Å². The number of hydrogen-bond acceptors (Lipinski definition) is 3. The Labute approximate surface area is 154 Å². The van der Waals surface area contributed by atoms with Crippen LogP contribution in [-0.4, -0.2) is 65.8 Å². The molecule has 0 saturated carbocycles. The topological polar surface area (TPSA) is 60.9 Å². The van der Waals surface area contributed by atoms with Crippen LogP contribution >= 0.6 is 0 Å². The highest BCUT2D eigenvalue weighted by Gasteiger charge is 2.36. The van der Waals surface area contributed by atoms with Gasteiger partial charge in [0.05, 0.1) is 0 Å². The number of likely N-dealkylation sites (N-methyl/N-ethyl adjacent to an activating group) is 1. The second-order valence-corrected chi connectivity index (χ2v) is 7.47. The Balaban J connectivity index is 1.43. The Bertz CT molecular complexity index is 678. The predicted molar refractivity (Wildman–Crippen MR) is 98.5 cm³/mol. The van der Waals surface area contributed by atoms with Crippen LogP contribution < -0.4 is 0 Å². The van der Waals surface area contributed by atoms with Crippen molar-refractivity contribution in [2.24, 2.45) is 5.92 Å². The third-order valence-corrected chi connectivity index (χ3v) is 5.45. The Kier molecular flexibility index (Phi) is 5.59. The molecule has 26 heavy (non-hydrogen) atoms. The average molecular weight is 357 g/mol. The van der Waals surface area contributed by atoms with E-state index in [-0.39, 0.29) is 30.9 Å². The summed E-state index contributed by atoms with van der Waals surface area (Å²) in [6.07, 6.45) is 4.18. The number of urea groups is 1. The molecule has 2 aliphatic rings. The molecule has 2 heterocycles. The molecule has 1 aromatic carbocycles. The highest BCUT2D eigenvalue weighted by Crippen LogP contribution is 2.23. The number of benzene rings is 1. The monoisotopic (exact) mass is 357 g/mol. The molecule has 2 saturated heterocycles. The zero-order valence-corrected chi connectivity index (χ0v) is 15.6. The van der Waals surface area contributed by atoms with Crippen LogP contribution in [0.1, 0.15) is 30.4 Å². The van der Waals surface area contributed by atoms with Crippen LogP contribution in [-0.2, 0) is 16.0 Å². The molecule has 0 unspecified atom stereocenters. The van der Waals surface area contributed by atoms with Gasteiger partial charge in [-0.2, -0.15) is 0 Å². The van der Waals surface area contributed by atoms with Crippen molar-refractivity contribution in [1.82, 2.24) is 14.7 Å². The first-order valence-electron chi connectivity index (χ1n) is 9.33. The maximum absolute atomic E-state index is 12.4. The predicted octanol–water partition coefficient (Wildman–Crippen LogP) is 2.06. The molecule has 0 aliphatic carbocycles. The Hall–Kier alpha value is -2.37. The minimum absolute atomic E-state index is 0.0627. The molecule has 0 bridgehead atoms. The van der Waals surface area contributed by atoms with Crippen molar-refractivity contribution in [2.45, 2.75) is 32.6 Å². The van der Waals surface area contributed by atoms with Crippen LogP contribution in [0.3, 0.4) is 0 Å². The molecule has 0 N–H and O–H groups in total. The van der Waals surface area contributed by atoms with Crippen LogP contribution in [0.25, 0.3) is 0 Å². The smallest absolute Gasteiger partial charge is 0.327 e. The first-order chi connectivity index (χ1) is 12.4. The normalized spacial score (nSPS) is 18.8. The van der Waals surface area contributed by atoms with Gasteiger partial charge in [0.2, 0.25) is 5.91 Å². The number of rotatable bonds is 5. The van der Waals surface area contributed by atoms with E-state index < -0.39 is 0 Å². The van der Waals surface area contributed by atoms with Gasteiger partial charge in [0.1, 0.15) is 13.1 Å². The molecule has 6 heteroatoms. The van der Waals surface area contributed by atoms with Gasteiger partial charge in [0, 0.05) is 20.1 Å². The summed E-state index contributed by atoms with van der Waals surface area (Å²) < 4.78 is 0. The summed E-state index contributed by atoms with van der Waals surface area (Å²) in [4.78, 5) is 40.3. The van der Waals surface area contributed by atoms with Gasteiger partial charge in [-0.1, -0.05) is 29.8 Å². The standard InChI is InChI=1S/C20H27N3O3/c1-15-3-5-16(6-4-15)7-8-17-9-11-22(12-10-17)18(24)14-23-19(25)13-21(2)20(23)26/h3-6,17H,7-14H2,1-2H3.